The van der Waals surface area contributed by atoms with Gasteiger partial charge in [-0.3, -0.25) is 9.59 Å². The van der Waals surface area contributed by atoms with Crippen LogP contribution in [0.4, 0.5) is 5.82 Å². The van der Waals surface area contributed by atoms with Crippen LogP contribution >= 0.6 is 0 Å². The number of ether oxygens (including phenoxy) is 1. The summed E-state index contributed by atoms with van der Waals surface area (Å²) in [5.41, 5.74) is 3.26. The minimum absolute atomic E-state index is 0.103. The Morgan fingerprint density at radius 2 is 1.77 bits per heavy atom. The van der Waals surface area contributed by atoms with E-state index in [4.69, 9.17) is 4.74 Å². The first-order valence-corrected chi connectivity index (χ1v) is 9.59. The fraction of sp³-hybridized carbons (Fsp3) is 0.130. The second-order valence-corrected chi connectivity index (χ2v) is 6.57. The van der Waals surface area contributed by atoms with Gasteiger partial charge in [-0.2, -0.15) is 0 Å². The number of esters is 1. The SMILES string of the molecule is CCOC(=O)Cn1c(C(=O)Nc2cc(-c3ccccc3)ccn2)nc2ccccc21. The van der Waals surface area contributed by atoms with E-state index in [-0.39, 0.29) is 19.0 Å². The third-order valence-corrected chi connectivity index (χ3v) is 4.56. The van der Waals surface area contributed by atoms with E-state index < -0.39 is 11.9 Å². The summed E-state index contributed by atoms with van der Waals surface area (Å²) in [7, 11) is 0. The van der Waals surface area contributed by atoms with Crippen molar-refractivity contribution in [1.82, 2.24) is 14.5 Å². The van der Waals surface area contributed by atoms with Gasteiger partial charge in [0.25, 0.3) is 5.91 Å². The number of rotatable bonds is 6. The quantitative estimate of drug-likeness (QED) is 0.496. The Morgan fingerprint density at radius 1 is 1.00 bits per heavy atom. The van der Waals surface area contributed by atoms with Crippen molar-refractivity contribution in [2.75, 3.05) is 11.9 Å². The Labute approximate surface area is 173 Å². The van der Waals surface area contributed by atoms with Gasteiger partial charge in [0.15, 0.2) is 0 Å². The first-order chi connectivity index (χ1) is 14.7. The summed E-state index contributed by atoms with van der Waals surface area (Å²) in [5.74, 6) is -0.362. The molecule has 0 saturated heterocycles. The molecule has 1 N–H and O–H groups in total. The number of aromatic nitrogens is 3. The lowest BCUT2D eigenvalue weighted by molar-refractivity contribution is -0.143. The minimum Gasteiger partial charge on any atom is -0.465 e. The largest absolute Gasteiger partial charge is 0.465 e. The summed E-state index contributed by atoms with van der Waals surface area (Å²) in [6, 6.07) is 20.8. The van der Waals surface area contributed by atoms with Gasteiger partial charge in [-0.05, 0) is 42.3 Å². The van der Waals surface area contributed by atoms with E-state index in [1.807, 2.05) is 54.6 Å². The van der Waals surface area contributed by atoms with Crippen molar-refractivity contribution >= 4 is 28.7 Å². The van der Waals surface area contributed by atoms with Crippen molar-refractivity contribution in [1.29, 1.82) is 0 Å². The average molecular weight is 400 g/mol. The van der Waals surface area contributed by atoms with Crippen molar-refractivity contribution in [3.63, 3.8) is 0 Å². The van der Waals surface area contributed by atoms with Gasteiger partial charge >= 0.3 is 5.97 Å². The van der Waals surface area contributed by atoms with E-state index in [0.29, 0.717) is 16.9 Å². The van der Waals surface area contributed by atoms with Gasteiger partial charge in [-0.15, -0.1) is 0 Å². The smallest absolute Gasteiger partial charge is 0.326 e. The molecule has 7 nitrogen and oxygen atoms in total. The molecule has 0 aliphatic carbocycles. The van der Waals surface area contributed by atoms with Crippen molar-refractivity contribution < 1.29 is 14.3 Å². The van der Waals surface area contributed by atoms with Crippen molar-refractivity contribution in [3.05, 3.63) is 78.8 Å². The van der Waals surface area contributed by atoms with Crippen LogP contribution in [-0.2, 0) is 16.1 Å². The van der Waals surface area contributed by atoms with Crippen LogP contribution in [0.15, 0.2) is 72.9 Å². The van der Waals surface area contributed by atoms with Gasteiger partial charge in [0.05, 0.1) is 17.6 Å². The zero-order valence-electron chi connectivity index (χ0n) is 16.4. The van der Waals surface area contributed by atoms with Gasteiger partial charge in [-0.25, -0.2) is 9.97 Å². The zero-order valence-corrected chi connectivity index (χ0v) is 16.4. The van der Waals surface area contributed by atoms with Crippen LogP contribution in [0.3, 0.4) is 0 Å². The molecular formula is C23H20N4O3. The summed E-state index contributed by atoms with van der Waals surface area (Å²) >= 11 is 0. The number of para-hydroxylation sites is 2. The monoisotopic (exact) mass is 400 g/mol. The molecular weight excluding hydrogens is 380 g/mol. The molecule has 0 spiro atoms. The average Bonchev–Trinajstić information content (AvgIpc) is 3.13. The van der Waals surface area contributed by atoms with Crippen LogP contribution in [0.25, 0.3) is 22.2 Å². The summed E-state index contributed by atoms with van der Waals surface area (Å²) in [6.07, 6.45) is 1.64. The number of imidazole rings is 1. The molecule has 0 saturated carbocycles. The highest BCUT2D eigenvalue weighted by atomic mass is 16.5. The third kappa shape index (κ3) is 4.05. The van der Waals surface area contributed by atoms with E-state index in [1.54, 1.807) is 29.8 Å². The van der Waals surface area contributed by atoms with E-state index >= 15 is 0 Å². The second-order valence-electron chi connectivity index (χ2n) is 6.57. The van der Waals surface area contributed by atoms with Crippen LogP contribution in [0, 0.1) is 0 Å². The van der Waals surface area contributed by atoms with Crippen LogP contribution in [0.1, 0.15) is 17.5 Å². The Balaban J connectivity index is 1.64. The van der Waals surface area contributed by atoms with E-state index in [1.165, 1.54) is 0 Å². The van der Waals surface area contributed by atoms with Gasteiger partial charge in [0, 0.05) is 6.20 Å². The Morgan fingerprint density at radius 3 is 2.57 bits per heavy atom. The molecule has 0 unspecified atom stereocenters. The van der Waals surface area contributed by atoms with Crippen molar-refractivity contribution in [2.45, 2.75) is 13.5 Å². The summed E-state index contributed by atoms with van der Waals surface area (Å²) in [6.45, 7) is 1.90. The maximum atomic E-state index is 13.0. The van der Waals surface area contributed by atoms with Gasteiger partial charge < -0.3 is 14.6 Å². The lowest BCUT2D eigenvalue weighted by Gasteiger charge is -2.10. The number of benzene rings is 2. The van der Waals surface area contributed by atoms with Crippen LogP contribution in [-0.4, -0.2) is 33.0 Å². The molecule has 0 fully saturated rings. The first kappa shape index (κ1) is 19.3. The number of pyridine rings is 1. The van der Waals surface area contributed by atoms with Gasteiger partial charge in [-0.1, -0.05) is 42.5 Å². The highest BCUT2D eigenvalue weighted by molar-refractivity contribution is 6.04. The lowest BCUT2D eigenvalue weighted by atomic mass is 10.1. The highest BCUT2D eigenvalue weighted by Crippen LogP contribution is 2.22. The highest BCUT2D eigenvalue weighted by Gasteiger charge is 2.20. The topological polar surface area (TPSA) is 86.1 Å². The number of carbonyl (C=O) groups is 2. The van der Waals surface area contributed by atoms with Crippen molar-refractivity contribution in [3.8, 4) is 11.1 Å². The molecule has 30 heavy (non-hydrogen) atoms. The molecule has 150 valence electrons. The number of hydrogen-bond acceptors (Lipinski definition) is 5. The van der Waals surface area contributed by atoms with E-state index in [2.05, 4.69) is 15.3 Å². The number of amides is 1. The molecule has 0 bridgehead atoms. The Hall–Kier alpha value is -4.00. The molecule has 0 aliphatic rings. The number of carbonyl (C=O) groups excluding carboxylic acids is 2. The van der Waals surface area contributed by atoms with E-state index in [9.17, 15) is 9.59 Å². The Bertz CT molecular complexity index is 1200. The molecule has 7 heteroatoms. The minimum atomic E-state index is -0.451. The molecule has 0 aliphatic heterocycles. The predicted molar refractivity (Wildman–Crippen MR) is 114 cm³/mol. The maximum absolute atomic E-state index is 13.0. The van der Waals surface area contributed by atoms with Crippen LogP contribution in [0.5, 0.6) is 0 Å². The van der Waals surface area contributed by atoms with Crippen molar-refractivity contribution in [2.24, 2.45) is 0 Å². The second kappa shape index (κ2) is 8.57. The molecule has 1 amide bonds. The third-order valence-electron chi connectivity index (χ3n) is 4.56. The molecule has 2 heterocycles. The molecule has 2 aromatic carbocycles. The van der Waals surface area contributed by atoms with E-state index in [0.717, 1.165) is 11.1 Å². The number of fused-ring (bicyclic) bond motifs is 1. The summed E-state index contributed by atoms with van der Waals surface area (Å²) < 4.78 is 6.61. The number of anilines is 1. The van der Waals surface area contributed by atoms with Gasteiger partial charge in [0.2, 0.25) is 5.82 Å². The molecule has 4 rings (SSSR count). The number of nitrogens with one attached hydrogen (secondary N) is 1. The molecule has 0 atom stereocenters. The fourth-order valence-corrected chi connectivity index (χ4v) is 3.23. The standard InChI is InChI=1S/C23H20N4O3/c1-2-30-21(28)15-27-19-11-7-6-10-18(19)25-22(27)23(29)26-20-14-17(12-13-24-20)16-8-4-3-5-9-16/h3-14H,2,15H2,1H3,(H,24,26,29). The number of hydrogen-bond donors (Lipinski definition) is 1. The lowest BCUT2D eigenvalue weighted by Crippen LogP contribution is -2.22. The predicted octanol–water partition coefficient (Wildman–Crippen LogP) is 3.91. The molecule has 4 aromatic rings. The zero-order chi connectivity index (χ0) is 20.9. The fourth-order valence-electron chi connectivity index (χ4n) is 3.23. The first-order valence-electron chi connectivity index (χ1n) is 9.59. The molecule has 2 aromatic heterocycles. The normalized spacial score (nSPS) is 10.7. The van der Waals surface area contributed by atoms with Crippen LogP contribution in [0.2, 0.25) is 0 Å². The van der Waals surface area contributed by atoms with Crippen LogP contribution < -0.4 is 5.32 Å². The summed E-state index contributed by atoms with van der Waals surface area (Å²) in [4.78, 5) is 33.7. The maximum Gasteiger partial charge on any atom is 0.326 e. The molecule has 0 radical (unpaired) electrons. The number of nitrogens with zero attached hydrogens (tertiary/aromatic N) is 3. The Kier molecular flexibility index (Phi) is 5.52. The summed E-state index contributed by atoms with van der Waals surface area (Å²) in [5, 5.41) is 2.79. The van der Waals surface area contributed by atoms with Gasteiger partial charge in [0.1, 0.15) is 12.4 Å².